The summed E-state index contributed by atoms with van der Waals surface area (Å²) in [6, 6.07) is 5.63. The van der Waals surface area contributed by atoms with Crippen molar-refractivity contribution in [3.8, 4) is 0 Å². The van der Waals surface area contributed by atoms with E-state index in [1.807, 2.05) is 30.0 Å². The molecular formula is C17H21ClN6O2. The van der Waals surface area contributed by atoms with Gasteiger partial charge in [0, 0.05) is 36.9 Å². The molecule has 8 nitrogen and oxygen atoms in total. The van der Waals surface area contributed by atoms with Crippen LogP contribution in [-0.2, 0) is 4.74 Å². The van der Waals surface area contributed by atoms with Gasteiger partial charge < -0.3 is 19.9 Å². The minimum absolute atomic E-state index is 0.280. The Hall–Kier alpha value is -2.61. The second-order valence-electron chi connectivity index (χ2n) is 5.90. The third-order valence-corrected chi connectivity index (χ3v) is 4.33. The number of carbonyl (C=O) groups excluding carboxylic acids is 1. The fourth-order valence-corrected chi connectivity index (χ4v) is 2.83. The summed E-state index contributed by atoms with van der Waals surface area (Å²) in [5, 5.41) is 12.0. The molecule has 1 aliphatic heterocycles. The summed E-state index contributed by atoms with van der Waals surface area (Å²) in [5.41, 5.74) is 1.92. The zero-order chi connectivity index (χ0) is 18.5. The van der Waals surface area contributed by atoms with Gasteiger partial charge in [-0.15, -0.1) is 5.10 Å². The first-order valence-electron chi connectivity index (χ1n) is 8.46. The predicted molar refractivity (Wildman–Crippen MR) is 100 cm³/mol. The third-order valence-electron chi connectivity index (χ3n) is 4.10. The standard InChI is InChI=1S/C17H21ClN6O2/c1-3-26-17(25)24-8-6-23(7-9-24)16-21-15(11-19-22-16)20-14-10-13(18)5-4-12(14)2/h4-5,10-11H,3,6-9H2,1-2H3,(H,20,21,22). The first-order valence-corrected chi connectivity index (χ1v) is 8.84. The van der Waals surface area contributed by atoms with Crippen molar-refractivity contribution in [1.29, 1.82) is 0 Å². The summed E-state index contributed by atoms with van der Waals surface area (Å²) >= 11 is 6.06. The van der Waals surface area contributed by atoms with Crippen molar-refractivity contribution < 1.29 is 9.53 Å². The number of rotatable bonds is 4. The van der Waals surface area contributed by atoms with E-state index >= 15 is 0 Å². The summed E-state index contributed by atoms with van der Waals surface area (Å²) in [4.78, 5) is 20.0. The van der Waals surface area contributed by atoms with Crippen LogP contribution in [0.2, 0.25) is 5.02 Å². The molecule has 3 rings (SSSR count). The summed E-state index contributed by atoms with van der Waals surface area (Å²) in [6.45, 7) is 6.54. The molecule has 1 saturated heterocycles. The van der Waals surface area contributed by atoms with Crippen molar-refractivity contribution in [1.82, 2.24) is 20.1 Å². The molecule has 1 N–H and O–H groups in total. The van der Waals surface area contributed by atoms with Crippen molar-refractivity contribution in [3.05, 3.63) is 35.0 Å². The van der Waals surface area contributed by atoms with Crippen LogP contribution in [0.25, 0.3) is 0 Å². The first-order chi connectivity index (χ1) is 12.6. The summed E-state index contributed by atoms with van der Waals surface area (Å²) in [6.07, 6.45) is 1.29. The smallest absolute Gasteiger partial charge is 0.409 e. The Morgan fingerprint density at radius 3 is 2.81 bits per heavy atom. The van der Waals surface area contributed by atoms with Crippen LogP contribution in [0.4, 0.5) is 22.2 Å². The maximum atomic E-state index is 11.8. The van der Waals surface area contributed by atoms with Gasteiger partial charge in [0.2, 0.25) is 5.95 Å². The zero-order valence-corrected chi connectivity index (χ0v) is 15.5. The lowest BCUT2D eigenvalue weighted by molar-refractivity contribution is 0.105. The number of anilines is 3. The molecule has 2 heterocycles. The number of nitrogens with zero attached hydrogens (tertiary/aromatic N) is 5. The average molecular weight is 377 g/mol. The molecule has 9 heteroatoms. The Morgan fingerprint density at radius 1 is 1.31 bits per heavy atom. The lowest BCUT2D eigenvalue weighted by Gasteiger charge is -2.33. The number of ether oxygens (including phenoxy) is 1. The molecule has 1 fully saturated rings. The van der Waals surface area contributed by atoms with E-state index in [1.54, 1.807) is 18.0 Å². The number of aryl methyl sites for hydroxylation is 1. The molecule has 0 spiro atoms. The van der Waals surface area contributed by atoms with E-state index in [4.69, 9.17) is 16.3 Å². The predicted octanol–water partition coefficient (Wildman–Crippen LogP) is 2.86. The average Bonchev–Trinajstić information content (AvgIpc) is 2.65. The highest BCUT2D eigenvalue weighted by atomic mass is 35.5. The Morgan fingerprint density at radius 2 is 2.08 bits per heavy atom. The molecule has 0 bridgehead atoms. The van der Waals surface area contributed by atoms with Gasteiger partial charge in [0.15, 0.2) is 5.82 Å². The quantitative estimate of drug-likeness (QED) is 0.878. The molecule has 2 aromatic rings. The number of aromatic nitrogens is 3. The normalized spacial score (nSPS) is 14.3. The van der Waals surface area contributed by atoms with Crippen LogP contribution in [0.5, 0.6) is 0 Å². The fourth-order valence-electron chi connectivity index (χ4n) is 2.66. The molecule has 0 unspecified atom stereocenters. The van der Waals surface area contributed by atoms with Crippen LogP contribution in [0.15, 0.2) is 24.4 Å². The number of amides is 1. The van der Waals surface area contributed by atoms with Gasteiger partial charge in [0.1, 0.15) is 0 Å². The fraction of sp³-hybridized carbons (Fsp3) is 0.412. The number of benzene rings is 1. The number of halogens is 1. The number of piperazine rings is 1. The number of hydrogen-bond acceptors (Lipinski definition) is 7. The van der Waals surface area contributed by atoms with E-state index in [9.17, 15) is 4.79 Å². The molecule has 1 aromatic heterocycles. The first kappa shape index (κ1) is 18.2. The molecule has 26 heavy (non-hydrogen) atoms. The lowest BCUT2D eigenvalue weighted by atomic mass is 10.2. The molecule has 0 radical (unpaired) electrons. The molecule has 0 aliphatic carbocycles. The van der Waals surface area contributed by atoms with Gasteiger partial charge in [-0.25, -0.2) is 4.79 Å². The monoisotopic (exact) mass is 376 g/mol. The lowest BCUT2D eigenvalue weighted by Crippen LogP contribution is -2.49. The molecular weight excluding hydrogens is 356 g/mol. The van der Waals surface area contributed by atoms with E-state index in [1.165, 1.54) is 0 Å². The molecule has 1 amide bonds. The largest absolute Gasteiger partial charge is 0.450 e. The van der Waals surface area contributed by atoms with Gasteiger partial charge >= 0.3 is 6.09 Å². The highest BCUT2D eigenvalue weighted by Crippen LogP contribution is 2.23. The second-order valence-corrected chi connectivity index (χ2v) is 6.34. The van der Waals surface area contributed by atoms with E-state index in [0.717, 1.165) is 11.3 Å². The summed E-state index contributed by atoms with van der Waals surface area (Å²) in [7, 11) is 0. The summed E-state index contributed by atoms with van der Waals surface area (Å²) in [5.74, 6) is 1.12. The Bertz CT molecular complexity index is 780. The van der Waals surface area contributed by atoms with Gasteiger partial charge in [-0.2, -0.15) is 10.1 Å². The summed E-state index contributed by atoms with van der Waals surface area (Å²) < 4.78 is 5.03. The minimum atomic E-state index is -0.280. The second kappa shape index (κ2) is 8.18. The SMILES string of the molecule is CCOC(=O)N1CCN(c2nncc(Nc3cc(Cl)ccc3C)n2)CC1. The van der Waals surface area contributed by atoms with Crippen LogP contribution in [-0.4, -0.2) is 59.0 Å². The van der Waals surface area contributed by atoms with E-state index in [0.29, 0.717) is 49.6 Å². The van der Waals surface area contributed by atoms with E-state index in [-0.39, 0.29) is 6.09 Å². The zero-order valence-electron chi connectivity index (χ0n) is 14.8. The Balaban J connectivity index is 1.66. The maximum absolute atomic E-state index is 11.8. The van der Waals surface area contributed by atoms with E-state index in [2.05, 4.69) is 20.5 Å². The van der Waals surface area contributed by atoms with Gasteiger partial charge in [-0.05, 0) is 31.5 Å². The van der Waals surface area contributed by atoms with Gasteiger partial charge in [-0.3, -0.25) is 0 Å². The van der Waals surface area contributed by atoms with E-state index < -0.39 is 0 Å². The molecule has 1 aliphatic rings. The number of carbonyl (C=O) groups is 1. The van der Waals surface area contributed by atoms with Crippen LogP contribution in [0.1, 0.15) is 12.5 Å². The highest BCUT2D eigenvalue weighted by molar-refractivity contribution is 6.30. The van der Waals surface area contributed by atoms with Crippen molar-refractivity contribution >= 4 is 35.1 Å². The molecule has 0 atom stereocenters. The minimum Gasteiger partial charge on any atom is -0.450 e. The number of nitrogens with one attached hydrogen (secondary N) is 1. The maximum Gasteiger partial charge on any atom is 0.409 e. The molecule has 138 valence electrons. The van der Waals surface area contributed by atoms with Crippen molar-refractivity contribution in [2.24, 2.45) is 0 Å². The van der Waals surface area contributed by atoms with Crippen LogP contribution in [0.3, 0.4) is 0 Å². The Kier molecular flexibility index (Phi) is 5.72. The number of hydrogen-bond donors (Lipinski definition) is 1. The van der Waals surface area contributed by atoms with Crippen LogP contribution in [0, 0.1) is 6.92 Å². The third kappa shape index (κ3) is 4.32. The molecule has 0 saturated carbocycles. The molecule has 1 aromatic carbocycles. The van der Waals surface area contributed by atoms with Crippen molar-refractivity contribution in [2.75, 3.05) is 43.0 Å². The Labute approximate surface area is 157 Å². The van der Waals surface area contributed by atoms with Crippen molar-refractivity contribution in [3.63, 3.8) is 0 Å². The van der Waals surface area contributed by atoms with Crippen LogP contribution >= 0.6 is 11.6 Å². The van der Waals surface area contributed by atoms with Gasteiger partial charge in [0.25, 0.3) is 0 Å². The van der Waals surface area contributed by atoms with Crippen LogP contribution < -0.4 is 10.2 Å². The van der Waals surface area contributed by atoms with Gasteiger partial charge in [-0.1, -0.05) is 17.7 Å². The van der Waals surface area contributed by atoms with Gasteiger partial charge in [0.05, 0.1) is 12.8 Å². The highest BCUT2D eigenvalue weighted by Gasteiger charge is 2.23. The topological polar surface area (TPSA) is 83.5 Å². The van der Waals surface area contributed by atoms with Crippen molar-refractivity contribution in [2.45, 2.75) is 13.8 Å².